The van der Waals surface area contributed by atoms with Crippen LogP contribution in [0.2, 0.25) is 0 Å². The monoisotopic (exact) mass is 464 g/mol. The van der Waals surface area contributed by atoms with Gasteiger partial charge in [-0.1, -0.05) is 0 Å². The number of pyridine rings is 2. The highest BCUT2D eigenvalue weighted by molar-refractivity contribution is 7.08. The highest BCUT2D eigenvalue weighted by Gasteiger charge is 1.93. The summed E-state index contributed by atoms with van der Waals surface area (Å²) in [6, 6.07) is 11.7. The van der Waals surface area contributed by atoms with Crippen molar-refractivity contribution in [2.45, 2.75) is 0 Å². The first kappa shape index (κ1) is 24.4. The molecule has 0 atom stereocenters. The predicted octanol–water partition coefficient (Wildman–Crippen LogP) is 5.84. The van der Waals surface area contributed by atoms with Crippen LogP contribution in [-0.2, 0) is 9.59 Å². The summed E-state index contributed by atoms with van der Waals surface area (Å²) in [5, 5.41) is 24.0. The topological polar surface area (TPSA) is 100 Å². The van der Waals surface area contributed by atoms with E-state index in [0.29, 0.717) is 0 Å². The van der Waals surface area contributed by atoms with Crippen LogP contribution in [0.15, 0.2) is 94.9 Å². The Morgan fingerprint density at radius 3 is 1.31 bits per heavy atom. The van der Waals surface area contributed by atoms with Crippen LogP contribution in [0.3, 0.4) is 0 Å². The molecule has 0 amide bonds. The average molecular weight is 465 g/mol. The number of carboxylic acid groups (broad SMARTS) is 2. The molecular formula is C24H20N2O4S2. The van der Waals surface area contributed by atoms with E-state index in [9.17, 15) is 9.59 Å². The van der Waals surface area contributed by atoms with Crippen molar-refractivity contribution >= 4 is 46.8 Å². The molecule has 4 heterocycles. The number of hydrogen-bond donors (Lipinski definition) is 2. The summed E-state index contributed by atoms with van der Waals surface area (Å²) in [6.07, 6.45) is 12.5. The van der Waals surface area contributed by atoms with Gasteiger partial charge in [-0.15, -0.1) is 0 Å². The van der Waals surface area contributed by atoms with Gasteiger partial charge in [-0.25, -0.2) is 9.59 Å². The molecule has 0 saturated carbocycles. The molecule has 0 radical (unpaired) electrons. The number of rotatable bonds is 5. The van der Waals surface area contributed by atoms with Crippen molar-refractivity contribution in [3.05, 3.63) is 106 Å². The van der Waals surface area contributed by atoms with E-state index in [0.717, 1.165) is 23.3 Å². The largest absolute Gasteiger partial charge is 0.478 e. The third-order valence-electron chi connectivity index (χ3n) is 3.62. The Hall–Kier alpha value is -3.88. The number of hydrogen-bond acceptors (Lipinski definition) is 6. The Bertz CT molecular complexity index is 1020. The second-order valence-electron chi connectivity index (χ2n) is 5.93. The number of nitrogens with zero attached hydrogens (tertiary/aromatic N) is 2. The van der Waals surface area contributed by atoms with Gasteiger partial charge in [0, 0.05) is 36.9 Å². The molecule has 0 unspecified atom stereocenters. The number of carboxylic acids is 2. The molecule has 0 aliphatic rings. The van der Waals surface area contributed by atoms with E-state index in [4.69, 9.17) is 10.2 Å². The van der Waals surface area contributed by atoms with Crippen molar-refractivity contribution in [3.63, 3.8) is 0 Å². The Morgan fingerprint density at radius 2 is 1.03 bits per heavy atom. The fourth-order valence-electron chi connectivity index (χ4n) is 2.16. The van der Waals surface area contributed by atoms with E-state index < -0.39 is 11.9 Å². The quantitative estimate of drug-likeness (QED) is 0.360. The van der Waals surface area contributed by atoms with Crippen molar-refractivity contribution in [2.24, 2.45) is 0 Å². The van der Waals surface area contributed by atoms with Crippen LogP contribution in [0.1, 0.15) is 11.1 Å². The Kier molecular flexibility index (Phi) is 10.8. The van der Waals surface area contributed by atoms with Crippen molar-refractivity contribution in [3.8, 4) is 11.1 Å². The molecular weight excluding hydrogens is 444 g/mol. The third-order valence-corrected chi connectivity index (χ3v) is 5.02. The molecule has 2 N–H and O–H groups in total. The highest BCUT2D eigenvalue weighted by Crippen LogP contribution is 2.15. The zero-order chi connectivity index (χ0) is 23.0. The minimum Gasteiger partial charge on any atom is -0.478 e. The molecule has 4 rings (SSSR count). The third kappa shape index (κ3) is 10.2. The second-order valence-corrected chi connectivity index (χ2v) is 7.49. The van der Waals surface area contributed by atoms with Gasteiger partial charge in [0.2, 0.25) is 0 Å². The normalized spacial score (nSPS) is 10.1. The van der Waals surface area contributed by atoms with Crippen LogP contribution < -0.4 is 0 Å². The van der Waals surface area contributed by atoms with Gasteiger partial charge in [-0.3, -0.25) is 9.97 Å². The van der Waals surface area contributed by atoms with Crippen LogP contribution >= 0.6 is 22.7 Å². The fraction of sp³-hybridized carbons (Fsp3) is 0. The lowest BCUT2D eigenvalue weighted by Gasteiger charge is -1.97. The Balaban J connectivity index is 0.000000171. The van der Waals surface area contributed by atoms with E-state index in [1.54, 1.807) is 59.6 Å². The summed E-state index contributed by atoms with van der Waals surface area (Å²) in [4.78, 5) is 27.9. The molecule has 0 saturated heterocycles. The maximum Gasteiger partial charge on any atom is 0.328 e. The van der Waals surface area contributed by atoms with E-state index >= 15 is 0 Å². The molecule has 0 fully saturated rings. The first-order valence-electron chi connectivity index (χ1n) is 9.21. The zero-order valence-corrected chi connectivity index (χ0v) is 18.4. The summed E-state index contributed by atoms with van der Waals surface area (Å²) in [5.74, 6) is -1.82. The highest BCUT2D eigenvalue weighted by atomic mass is 32.1. The number of thiophene rings is 2. The van der Waals surface area contributed by atoms with Gasteiger partial charge in [-0.2, -0.15) is 22.7 Å². The van der Waals surface area contributed by atoms with Gasteiger partial charge in [-0.05, 0) is 92.3 Å². The molecule has 162 valence electrons. The molecule has 0 spiro atoms. The summed E-state index contributed by atoms with van der Waals surface area (Å²) >= 11 is 3.09. The molecule has 32 heavy (non-hydrogen) atoms. The summed E-state index contributed by atoms with van der Waals surface area (Å²) in [6.45, 7) is 0. The smallest absolute Gasteiger partial charge is 0.328 e. The molecule has 0 aliphatic heterocycles. The molecule has 0 aliphatic carbocycles. The van der Waals surface area contributed by atoms with Crippen LogP contribution in [0, 0.1) is 0 Å². The van der Waals surface area contributed by atoms with Crippen molar-refractivity contribution in [1.82, 2.24) is 9.97 Å². The summed E-state index contributed by atoms with van der Waals surface area (Å²) in [5.41, 5.74) is 4.22. The zero-order valence-electron chi connectivity index (χ0n) is 16.8. The van der Waals surface area contributed by atoms with Crippen LogP contribution in [-0.4, -0.2) is 32.1 Å². The van der Waals surface area contributed by atoms with Crippen LogP contribution in [0.5, 0.6) is 0 Å². The lowest BCUT2D eigenvalue weighted by Crippen LogP contribution is -1.84. The Morgan fingerprint density at radius 1 is 0.656 bits per heavy atom. The number of aliphatic carboxylic acids is 2. The SMILES string of the molecule is O=C(O)/C=C/c1ccsc1.O=C(O)/C=C/c1ccsc1.c1cc(-c2ccncc2)ccn1. The first-order chi connectivity index (χ1) is 15.5. The van der Waals surface area contributed by atoms with Crippen molar-refractivity contribution < 1.29 is 19.8 Å². The van der Waals surface area contributed by atoms with Crippen molar-refractivity contribution in [2.75, 3.05) is 0 Å². The molecule has 6 nitrogen and oxygen atoms in total. The maximum atomic E-state index is 10.0. The molecule has 8 heteroatoms. The minimum atomic E-state index is -0.911. The van der Waals surface area contributed by atoms with E-state index in [1.165, 1.54) is 11.1 Å². The van der Waals surface area contributed by atoms with Crippen LogP contribution in [0.4, 0.5) is 0 Å². The standard InChI is InChI=1S/C10H8N2.2C7H6O2S/c1-5-11-6-2-9(1)10-3-7-12-8-4-10;2*8-7(9)2-1-6-3-4-10-5-6/h1-8H;2*1-5H,(H,8,9)/b;2*2-1+. The number of carbonyl (C=O) groups is 2. The van der Waals surface area contributed by atoms with E-state index in [-0.39, 0.29) is 0 Å². The van der Waals surface area contributed by atoms with Gasteiger partial charge < -0.3 is 10.2 Å². The Labute approximate surface area is 193 Å². The van der Waals surface area contributed by atoms with Gasteiger partial charge in [0.15, 0.2) is 0 Å². The maximum absolute atomic E-state index is 10.0. The number of aromatic nitrogens is 2. The van der Waals surface area contributed by atoms with E-state index in [2.05, 4.69) is 9.97 Å². The second kappa shape index (κ2) is 14.2. The first-order valence-corrected chi connectivity index (χ1v) is 11.1. The van der Waals surface area contributed by atoms with Crippen molar-refractivity contribution in [1.29, 1.82) is 0 Å². The molecule has 0 aromatic carbocycles. The van der Waals surface area contributed by atoms with Gasteiger partial charge in [0.25, 0.3) is 0 Å². The lowest BCUT2D eigenvalue weighted by atomic mass is 10.1. The van der Waals surface area contributed by atoms with Gasteiger partial charge in [0.1, 0.15) is 0 Å². The summed E-state index contributed by atoms with van der Waals surface area (Å²) < 4.78 is 0. The predicted molar refractivity (Wildman–Crippen MR) is 129 cm³/mol. The summed E-state index contributed by atoms with van der Waals surface area (Å²) in [7, 11) is 0. The average Bonchev–Trinajstić information content (AvgIpc) is 3.53. The van der Waals surface area contributed by atoms with E-state index in [1.807, 2.05) is 57.9 Å². The lowest BCUT2D eigenvalue weighted by molar-refractivity contribution is -0.132. The molecule has 0 bridgehead atoms. The van der Waals surface area contributed by atoms with Gasteiger partial charge >= 0.3 is 11.9 Å². The van der Waals surface area contributed by atoms with Crippen LogP contribution in [0.25, 0.3) is 23.3 Å². The molecule has 4 aromatic heterocycles. The fourth-order valence-corrected chi connectivity index (χ4v) is 3.42. The van der Waals surface area contributed by atoms with Gasteiger partial charge in [0.05, 0.1) is 0 Å². The molecule has 4 aromatic rings. The minimum absolute atomic E-state index is 0.911.